The molecular weight excluding hydrogens is 194 g/mol. The second-order valence-corrected chi connectivity index (χ2v) is 5.83. The van der Waals surface area contributed by atoms with Crippen LogP contribution in [-0.4, -0.2) is 21.3 Å². The van der Waals surface area contributed by atoms with Gasteiger partial charge in [-0.3, -0.25) is 0 Å². The number of nitrogens with zero attached hydrogens (tertiary/aromatic N) is 1. The van der Waals surface area contributed by atoms with Gasteiger partial charge in [-0.05, 0) is 18.3 Å². The van der Waals surface area contributed by atoms with E-state index < -0.39 is 0 Å². The lowest BCUT2D eigenvalue weighted by Crippen LogP contribution is -2.38. The summed E-state index contributed by atoms with van der Waals surface area (Å²) in [4.78, 5) is 7.32. The van der Waals surface area contributed by atoms with Crippen LogP contribution in [0, 0.1) is 5.41 Å². The maximum absolute atomic E-state index is 6.21. The third-order valence-corrected chi connectivity index (χ3v) is 4.39. The molecule has 1 saturated carbocycles. The molecule has 0 aromatic carbocycles. The molecule has 3 N–H and O–H groups in total. The molecule has 1 aliphatic carbocycles. The first-order valence-corrected chi connectivity index (χ1v) is 5.89. The number of nitrogens with one attached hydrogen (secondary N) is 1. The van der Waals surface area contributed by atoms with Crippen molar-refractivity contribution in [3.63, 3.8) is 0 Å². The van der Waals surface area contributed by atoms with E-state index in [1.165, 1.54) is 12.8 Å². The first kappa shape index (κ1) is 10.1. The second kappa shape index (κ2) is 3.59. The zero-order valence-electron chi connectivity index (χ0n) is 8.66. The lowest BCUT2D eigenvalue weighted by molar-refractivity contribution is 0.334. The second-order valence-electron chi connectivity index (χ2n) is 4.60. The average molecular weight is 211 g/mol. The number of aromatic amines is 1. The van der Waals surface area contributed by atoms with Crippen LogP contribution in [0.4, 0.5) is 0 Å². The molecule has 2 atom stereocenters. The largest absolute Gasteiger partial charge is 0.340 e. The molecule has 1 fully saturated rings. The highest BCUT2D eigenvalue weighted by molar-refractivity contribution is 7.99. The van der Waals surface area contributed by atoms with Crippen molar-refractivity contribution in [1.82, 2.24) is 9.97 Å². The number of H-pyrrole nitrogens is 1. The van der Waals surface area contributed by atoms with Gasteiger partial charge in [0.05, 0.1) is 0 Å². The minimum atomic E-state index is 0.276. The average Bonchev–Trinajstić information content (AvgIpc) is 2.70. The van der Waals surface area contributed by atoms with Gasteiger partial charge in [-0.2, -0.15) is 0 Å². The fraction of sp³-hybridized carbons (Fsp3) is 0.700. The lowest BCUT2D eigenvalue weighted by Gasteiger charge is -2.25. The van der Waals surface area contributed by atoms with Crippen LogP contribution in [0.5, 0.6) is 0 Å². The molecule has 1 heterocycles. The number of hydrogen-bond donors (Lipinski definition) is 2. The molecule has 0 aliphatic heterocycles. The van der Waals surface area contributed by atoms with Gasteiger partial charge < -0.3 is 10.7 Å². The van der Waals surface area contributed by atoms with Crippen LogP contribution in [-0.2, 0) is 0 Å². The summed E-state index contributed by atoms with van der Waals surface area (Å²) in [5.74, 6) is 0. The number of aromatic nitrogens is 2. The summed E-state index contributed by atoms with van der Waals surface area (Å²) in [7, 11) is 0. The van der Waals surface area contributed by atoms with E-state index in [4.69, 9.17) is 5.73 Å². The Morgan fingerprint density at radius 2 is 2.43 bits per heavy atom. The maximum Gasteiger partial charge on any atom is 0.165 e. The molecule has 0 radical (unpaired) electrons. The Balaban J connectivity index is 2.01. The zero-order valence-corrected chi connectivity index (χ0v) is 9.47. The van der Waals surface area contributed by atoms with E-state index in [-0.39, 0.29) is 11.5 Å². The fourth-order valence-corrected chi connectivity index (χ4v) is 3.25. The van der Waals surface area contributed by atoms with Crippen LogP contribution < -0.4 is 5.73 Å². The van der Waals surface area contributed by atoms with Gasteiger partial charge in [-0.25, -0.2) is 4.98 Å². The summed E-state index contributed by atoms with van der Waals surface area (Å²) >= 11 is 1.78. The van der Waals surface area contributed by atoms with Gasteiger partial charge in [-0.1, -0.05) is 25.6 Å². The highest BCUT2D eigenvalue weighted by Crippen LogP contribution is 2.43. The van der Waals surface area contributed by atoms with Crippen molar-refractivity contribution in [2.75, 3.05) is 0 Å². The van der Waals surface area contributed by atoms with E-state index in [1.807, 2.05) is 6.20 Å². The molecule has 3 nitrogen and oxygen atoms in total. The summed E-state index contributed by atoms with van der Waals surface area (Å²) in [5.41, 5.74) is 6.49. The summed E-state index contributed by atoms with van der Waals surface area (Å²) in [6.45, 7) is 4.50. The van der Waals surface area contributed by atoms with Crippen LogP contribution >= 0.6 is 11.8 Å². The van der Waals surface area contributed by atoms with E-state index in [0.717, 1.165) is 5.16 Å². The van der Waals surface area contributed by atoms with E-state index >= 15 is 0 Å². The van der Waals surface area contributed by atoms with Gasteiger partial charge in [0.2, 0.25) is 0 Å². The van der Waals surface area contributed by atoms with E-state index in [2.05, 4.69) is 23.8 Å². The van der Waals surface area contributed by atoms with Crippen molar-refractivity contribution in [3.8, 4) is 0 Å². The Hall–Kier alpha value is -0.480. The molecule has 2 unspecified atom stereocenters. The van der Waals surface area contributed by atoms with Gasteiger partial charge in [0.25, 0.3) is 0 Å². The molecule has 4 heteroatoms. The molecule has 1 aromatic rings. The van der Waals surface area contributed by atoms with Crippen LogP contribution in [0.15, 0.2) is 17.6 Å². The monoisotopic (exact) mass is 211 g/mol. The molecule has 0 bridgehead atoms. The minimum Gasteiger partial charge on any atom is -0.340 e. The van der Waals surface area contributed by atoms with Crippen molar-refractivity contribution in [3.05, 3.63) is 12.4 Å². The Bertz CT molecular complexity index is 294. The van der Waals surface area contributed by atoms with Gasteiger partial charge in [0.15, 0.2) is 5.16 Å². The van der Waals surface area contributed by atoms with E-state index in [1.54, 1.807) is 18.0 Å². The Labute approximate surface area is 88.9 Å². The highest BCUT2D eigenvalue weighted by atomic mass is 32.2. The predicted octanol–water partition coefficient (Wildman–Crippen LogP) is 2.02. The molecule has 78 valence electrons. The van der Waals surface area contributed by atoms with Gasteiger partial charge in [-0.15, -0.1) is 0 Å². The predicted molar refractivity (Wildman–Crippen MR) is 59.2 cm³/mol. The third-order valence-electron chi connectivity index (χ3n) is 3.11. The molecule has 0 spiro atoms. The quantitative estimate of drug-likeness (QED) is 0.787. The van der Waals surface area contributed by atoms with Crippen molar-refractivity contribution < 1.29 is 0 Å². The normalized spacial score (nSPS) is 30.8. The number of nitrogens with two attached hydrogens (primary N) is 1. The summed E-state index contributed by atoms with van der Waals surface area (Å²) in [5, 5.41) is 1.50. The third kappa shape index (κ3) is 1.81. The topological polar surface area (TPSA) is 54.7 Å². The summed E-state index contributed by atoms with van der Waals surface area (Å²) in [6.07, 6.45) is 6.05. The highest BCUT2D eigenvalue weighted by Gasteiger charge is 2.40. The van der Waals surface area contributed by atoms with Gasteiger partial charge in [0.1, 0.15) is 0 Å². The first-order valence-electron chi connectivity index (χ1n) is 5.01. The molecule has 14 heavy (non-hydrogen) atoms. The van der Waals surface area contributed by atoms with Crippen molar-refractivity contribution in [2.45, 2.75) is 43.1 Å². The van der Waals surface area contributed by atoms with Crippen LogP contribution in [0.1, 0.15) is 26.7 Å². The van der Waals surface area contributed by atoms with Crippen LogP contribution in [0.2, 0.25) is 0 Å². The maximum atomic E-state index is 6.21. The van der Waals surface area contributed by atoms with E-state index in [9.17, 15) is 0 Å². The lowest BCUT2D eigenvalue weighted by atomic mass is 9.88. The molecule has 0 amide bonds. The number of rotatable bonds is 2. The summed E-state index contributed by atoms with van der Waals surface area (Å²) < 4.78 is 0. The molecular formula is C10H17N3S. The first-order chi connectivity index (χ1) is 6.59. The molecule has 1 aromatic heterocycles. The molecule has 2 rings (SSSR count). The van der Waals surface area contributed by atoms with Crippen molar-refractivity contribution >= 4 is 11.8 Å². The SMILES string of the molecule is CC1(C)CCC(Sc2ncc[nH]2)C1N. The number of imidazole rings is 1. The van der Waals surface area contributed by atoms with Crippen LogP contribution in [0.3, 0.4) is 0 Å². The van der Waals surface area contributed by atoms with Gasteiger partial charge in [0, 0.05) is 23.7 Å². The minimum absolute atomic E-state index is 0.276. The van der Waals surface area contributed by atoms with Crippen molar-refractivity contribution in [2.24, 2.45) is 11.1 Å². The fourth-order valence-electron chi connectivity index (χ4n) is 1.95. The standard InChI is InChI=1S/C10H17N3S/c1-10(2)4-3-7(8(10)11)14-9-12-5-6-13-9/h5-8H,3-4,11H2,1-2H3,(H,12,13). The zero-order chi connectivity index (χ0) is 10.2. The van der Waals surface area contributed by atoms with Crippen LogP contribution in [0.25, 0.3) is 0 Å². The Kier molecular flexibility index (Phi) is 2.58. The summed E-state index contributed by atoms with van der Waals surface area (Å²) in [6, 6.07) is 0.276. The number of hydrogen-bond acceptors (Lipinski definition) is 3. The Morgan fingerprint density at radius 1 is 1.64 bits per heavy atom. The smallest absolute Gasteiger partial charge is 0.165 e. The number of thioether (sulfide) groups is 1. The van der Waals surface area contributed by atoms with Crippen molar-refractivity contribution in [1.29, 1.82) is 0 Å². The molecule has 1 aliphatic rings. The Morgan fingerprint density at radius 3 is 2.93 bits per heavy atom. The van der Waals surface area contributed by atoms with E-state index in [0.29, 0.717) is 5.25 Å². The molecule has 0 saturated heterocycles. The van der Waals surface area contributed by atoms with Gasteiger partial charge >= 0.3 is 0 Å².